The molecule has 0 radical (unpaired) electrons. The van der Waals surface area contributed by atoms with Crippen LogP contribution in [0.25, 0.3) is 22.3 Å². The first kappa shape index (κ1) is 99.8. The molecular formula is C80H124ClF6N15O8. The number of rotatable bonds is 9. The summed E-state index contributed by atoms with van der Waals surface area (Å²) in [4.78, 5) is 43.7. The Bertz CT molecular complexity index is 4030. The van der Waals surface area contributed by atoms with Gasteiger partial charge in [-0.15, -0.1) is 0 Å². The minimum Gasteiger partial charge on any atom is -0.381 e. The minimum atomic E-state index is -1.97. The zero-order valence-corrected chi connectivity index (χ0v) is 71.0. The maximum atomic E-state index is 15.2. The van der Waals surface area contributed by atoms with Crippen LogP contribution in [0.2, 0.25) is 0 Å². The number of alkyl halides is 2. The number of H-pyrrole nitrogens is 2. The van der Waals surface area contributed by atoms with Crippen LogP contribution in [-0.2, 0) is 55.0 Å². The Morgan fingerprint density at radius 1 is 0.618 bits per heavy atom. The average Bonchev–Trinajstić information content (AvgIpc) is 1.61. The number of nitrogens with zero attached hydrogens (tertiary/aromatic N) is 11. The monoisotopic (exact) mass is 1570 g/mol. The summed E-state index contributed by atoms with van der Waals surface area (Å²) >= 11 is 5.11. The third-order valence-corrected chi connectivity index (χ3v) is 17.2. The number of aryl methyl sites for hydroxylation is 6. The molecule has 0 bridgehead atoms. The number of anilines is 1. The zero-order chi connectivity index (χ0) is 85.1. The van der Waals surface area contributed by atoms with Crippen molar-refractivity contribution in [2.75, 3.05) is 59.2 Å². The van der Waals surface area contributed by atoms with Gasteiger partial charge in [0.15, 0.2) is 52.3 Å². The molecule has 3 aliphatic rings. The molecule has 0 aliphatic carbocycles. The number of nitrogens with one attached hydrogen (secondary N) is 3. The highest BCUT2D eigenvalue weighted by molar-refractivity contribution is 6.64. The molecule has 3 aliphatic heterocycles. The van der Waals surface area contributed by atoms with Crippen molar-refractivity contribution in [1.29, 1.82) is 5.26 Å². The second-order valence-corrected chi connectivity index (χ2v) is 33.6. The van der Waals surface area contributed by atoms with Crippen LogP contribution in [0.15, 0.2) is 36.4 Å². The third-order valence-electron chi connectivity index (χ3n) is 16.7. The largest absolute Gasteiger partial charge is 0.381 e. The highest BCUT2D eigenvalue weighted by atomic mass is 35.5. The molecular weight excluding hydrogens is 1450 g/mol. The second kappa shape index (κ2) is 44.2. The number of hydrogen-bond donors (Lipinski definition) is 5. The van der Waals surface area contributed by atoms with E-state index in [1.807, 2.05) is 184 Å². The molecule has 23 nitrogen and oxygen atoms in total. The van der Waals surface area contributed by atoms with Gasteiger partial charge in [0.2, 0.25) is 11.4 Å². The number of nitrogen functional groups attached to an aromatic ring is 1. The first-order chi connectivity index (χ1) is 50.5. The van der Waals surface area contributed by atoms with Gasteiger partial charge in [0, 0.05) is 113 Å². The summed E-state index contributed by atoms with van der Waals surface area (Å²) in [7, 11) is 1.43. The van der Waals surface area contributed by atoms with E-state index in [1.54, 1.807) is 47.0 Å². The number of nitriles is 1. The topological polar surface area (TPSA) is 290 Å². The fraction of sp³-hybridized carbons (Fsp3) is 0.625. The number of carbonyl (C=O) groups excluding carboxylic acids is 4. The standard InChI is InChI=1S/2C17H24FN3O.C13H18FN3.C7H12FN3.C7H10FNO.C6H10O2.C5H9ClO.C5H10O.C2H2FN.CH5NO/c1-11-6-7-12(2)20(11)16-14(18)15(17(3,4)5)21(19-16)13-8-9-22-10-13;1-11-6-7-12(2)20(11)16-14(18)15(17(3,4)5)19-21(16)13-8-9-22-10-13;1-8-6-7-9(2)17(8)12-10(14)11(15-16-12)13(3,4)5;1-7(2,3)5-4(8)6(9)11-10-5;1-7(2,3)6(10)5(8)4-9;1-5(7)3-4-6(2)8;1-5(2,3)4(6)7;1-5-2-3-6-4-5;1-4-2-3;1-2-3/h2*6-7,13H,8-10H2,1-5H3;6-7H,1-5H3,(H,15,16);1-3H3,(H3,9,10,11);5H,1-3H3;3-4H2,1-2H3;1-3H3;5H,2-4H2,1H3;2H2;2-3H,1H3/t2*13-;;;;;;5-;;/m11.....0../s1. The minimum absolute atomic E-state index is 0.0603. The molecule has 0 amide bonds. The van der Waals surface area contributed by atoms with Crippen LogP contribution in [0.5, 0.6) is 0 Å². The van der Waals surface area contributed by atoms with Crippen molar-refractivity contribution in [3.63, 3.8) is 0 Å². The fourth-order valence-electron chi connectivity index (χ4n) is 10.5. The van der Waals surface area contributed by atoms with Crippen molar-refractivity contribution in [2.45, 2.75) is 259 Å². The SMILES string of the molecule is CC(=O)CCC(C)=O.CC(C)(C)C(=O)C(F)C#N.CC(C)(C)C(=O)Cl.CC(C)(C)c1[nH]nc(N)c1F.CNO.C[C@H]1CCOC1.Cc1ccc(C)n1-c1c(F)c(C(C)(C)C)nn1[C@@H]1CCOC1.Cc1ccc(C)n1-c1n[nH]c(C(C)(C)C)c1F.Cc1ccc(C)n1-c1nn([C@@H]2CCOC2)c(C(C)(C)C)c1F.[C-]#[N+]CF. The molecule has 7 aromatic rings. The molecule has 0 spiro atoms. The van der Waals surface area contributed by atoms with Gasteiger partial charge in [-0.25, -0.2) is 38.7 Å². The van der Waals surface area contributed by atoms with Crippen molar-refractivity contribution in [2.24, 2.45) is 16.7 Å². The quantitative estimate of drug-likeness (QED) is 0.0295. The molecule has 6 N–H and O–H groups in total. The van der Waals surface area contributed by atoms with Gasteiger partial charge in [-0.2, -0.15) is 30.0 Å². The Morgan fingerprint density at radius 3 is 1.25 bits per heavy atom. The van der Waals surface area contributed by atoms with E-state index < -0.39 is 30.0 Å². The number of hydroxylamine groups is 1. The van der Waals surface area contributed by atoms with E-state index in [9.17, 15) is 36.7 Å². The third kappa shape index (κ3) is 30.8. The maximum Gasteiger partial charge on any atom is 0.352 e. The van der Waals surface area contributed by atoms with Gasteiger partial charge >= 0.3 is 6.80 Å². The molecule has 30 heteroatoms. The van der Waals surface area contributed by atoms with Gasteiger partial charge in [0.25, 0.3) is 0 Å². The number of hydrogen-bond acceptors (Lipinski definition) is 15. The van der Waals surface area contributed by atoms with Crippen LogP contribution < -0.4 is 11.2 Å². The summed E-state index contributed by atoms with van der Waals surface area (Å²) in [6, 6.07) is 13.4. The van der Waals surface area contributed by atoms with Gasteiger partial charge < -0.3 is 39.3 Å². The highest BCUT2D eigenvalue weighted by Gasteiger charge is 2.36. The van der Waals surface area contributed by atoms with E-state index in [1.165, 1.54) is 33.4 Å². The normalized spacial score (nSPS) is 15.6. The van der Waals surface area contributed by atoms with Crippen molar-refractivity contribution >= 4 is 40.0 Å². The van der Waals surface area contributed by atoms with Crippen molar-refractivity contribution in [3.8, 4) is 23.5 Å². The van der Waals surface area contributed by atoms with Crippen LogP contribution in [0.3, 0.4) is 0 Å². The summed E-state index contributed by atoms with van der Waals surface area (Å²) < 4.78 is 106. The van der Waals surface area contributed by atoms with Gasteiger partial charge in [0.05, 0.1) is 42.4 Å². The molecule has 10 heterocycles. The Balaban J connectivity index is 0.000000644. The van der Waals surface area contributed by atoms with Gasteiger partial charge in [0.1, 0.15) is 23.3 Å². The summed E-state index contributed by atoms with van der Waals surface area (Å²) in [6.45, 7) is 60.1. The van der Waals surface area contributed by atoms with Crippen LogP contribution >= 0.6 is 11.6 Å². The first-order valence-electron chi connectivity index (χ1n) is 36.5. The van der Waals surface area contributed by atoms with E-state index in [0.717, 1.165) is 66.1 Å². The Labute approximate surface area is 652 Å². The van der Waals surface area contributed by atoms with Crippen LogP contribution in [-0.4, -0.2) is 141 Å². The lowest BCUT2D eigenvalue weighted by Crippen LogP contribution is -2.28. The predicted octanol–water partition coefficient (Wildman–Crippen LogP) is 17.7. The molecule has 0 saturated carbocycles. The smallest absolute Gasteiger partial charge is 0.352 e. The van der Waals surface area contributed by atoms with Crippen molar-refractivity contribution < 1.29 is 64.9 Å². The Kier molecular flexibility index (Phi) is 40.1. The molecule has 4 atom stereocenters. The lowest BCUT2D eigenvalue weighted by molar-refractivity contribution is -0.129. The van der Waals surface area contributed by atoms with Crippen molar-refractivity contribution in [1.82, 2.24) is 59.1 Å². The fourth-order valence-corrected chi connectivity index (χ4v) is 10.5. The number of halogens is 7. The zero-order valence-electron chi connectivity index (χ0n) is 70.2. The molecule has 0 aromatic carbocycles. The number of aromatic amines is 2. The first-order valence-corrected chi connectivity index (χ1v) is 36.9. The number of ether oxygens (including phenoxy) is 3. The summed E-state index contributed by atoms with van der Waals surface area (Å²) in [5, 5.41) is 37.4. The van der Waals surface area contributed by atoms with Crippen molar-refractivity contribution in [3.05, 3.63) is 128 Å². The van der Waals surface area contributed by atoms with Gasteiger partial charge in [-0.05, 0) is 129 Å². The van der Waals surface area contributed by atoms with Crippen LogP contribution in [0.1, 0.15) is 247 Å². The summed E-state index contributed by atoms with van der Waals surface area (Å²) in [5.74, 6) is 0.434. The molecule has 7 aromatic heterocycles. The number of carbonyl (C=O) groups is 4. The van der Waals surface area contributed by atoms with E-state index in [0.29, 0.717) is 79.5 Å². The number of aromatic nitrogens is 11. The van der Waals surface area contributed by atoms with E-state index >= 15 is 8.78 Å². The van der Waals surface area contributed by atoms with Gasteiger partial charge in [-0.1, -0.05) is 132 Å². The predicted molar refractivity (Wildman–Crippen MR) is 420 cm³/mol. The second-order valence-electron chi connectivity index (χ2n) is 33.3. The molecule has 3 fully saturated rings. The van der Waals surface area contributed by atoms with E-state index in [2.05, 4.69) is 42.4 Å². The molecule has 1 unspecified atom stereocenters. The maximum absolute atomic E-state index is 15.2. The average molecular weight is 1570 g/mol. The highest BCUT2D eigenvalue weighted by Crippen LogP contribution is 2.36. The number of ketones is 3. The Morgan fingerprint density at radius 2 is 0.991 bits per heavy atom. The molecule has 3 saturated heterocycles. The summed E-state index contributed by atoms with van der Waals surface area (Å²) in [6.07, 6.45) is 1.84. The summed E-state index contributed by atoms with van der Waals surface area (Å²) in [5.41, 5.74) is 12.8. The molecule has 616 valence electrons. The molecule has 110 heavy (non-hydrogen) atoms. The van der Waals surface area contributed by atoms with Crippen LogP contribution in [0.4, 0.5) is 32.2 Å². The van der Waals surface area contributed by atoms with Gasteiger partial charge in [-0.3, -0.25) is 38.4 Å². The van der Waals surface area contributed by atoms with E-state index in [-0.39, 0.29) is 79.2 Å². The Hall–Kier alpha value is -8.19. The number of Topliss-reactive ketones (excluding diaryl/α,β-unsaturated/α-hetero) is 3. The van der Waals surface area contributed by atoms with E-state index in [4.69, 9.17) is 48.6 Å². The van der Waals surface area contributed by atoms with Crippen LogP contribution in [0, 0.1) is 99.5 Å². The molecule has 10 rings (SSSR count). The lowest BCUT2D eigenvalue weighted by Gasteiger charge is -2.22. The number of nitrogens with two attached hydrogens (primary N) is 1. The lowest BCUT2D eigenvalue weighted by atomic mass is 9.88.